The van der Waals surface area contributed by atoms with Gasteiger partial charge in [0.15, 0.2) is 5.57 Å². The number of rotatable bonds is 7. The van der Waals surface area contributed by atoms with E-state index in [0.29, 0.717) is 22.9 Å². The lowest BCUT2D eigenvalue weighted by atomic mass is 10.1. The minimum Gasteiger partial charge on any atom is -0.378 e. The normalized spacial score (nSPS) is 9.50. The van der Waals surface area contributed by atoms with Crippen LogP contribution in [0.2, 0.25) is 0 Å². The lowest BCUT2D eigenvalue weighted by Crippen LogP contribution is -2.15. The maximum absolute atomic E-state index is 12.6. The summed E-state index contributed by atoms with van der Waals surface area (Å²) in [5.74, 6) is 0.273. The molecular formula is C20H18N4OS. The second-order valence-corrected chi connectivity index (χ2v) is 6.21. The number of nitrogens with zero attached hydrogens (tertiary/aromatic N) is 2. The Morgan fingerprint density at radius 2 is 1.69 bits per heavy atom. The van der Waals surface area contributed by atoms with Crippen molar-refractivity contribution < 1.29 is 4.79 Å². The van der Waals surface area contributed by atoms with Gasteiger partial charge < -0.3 is 10.6 Å². The number of benzene rings is 2. The predicted octanol–water partition coefficient (Wildman–Crippen LogP) is 4.04. The van der Waals surface area contributed by atoms with E-state index >= 15 is 0 Å². The molecule has 0 bridgehead atoms. The first-order valence-electron chi connectivity index (χ1n) is 8.05. The van der Waals surface area contributed by atoms with E-state index in [1.165, 1.54) is 11.8 Å². The summed E-state index contributed by atoms with van der Waals surface area (Å²) in [7, 11) is 0. The van der Waals surface area contributed by atoms with Crippen LogP contribution in [0.1, 0.15) is 22.8 Å². The smallest absolute Gasteiger partial charge is 0.255 e. The van der Waals surface area contributed by atoms with Gasteiger partial charge >= 0.3 is 0 Å². The van der Waals surface area contributed by atoms with Gasteiger partial charge in [-0.15, -0.1) is 11.8 Å². The van der Waals surface area contributed by atoms with Crippen LogP contribution >= 0.6 is 11.8 Å². The predicted molar refractivity (Wildman–Crippen MR) is 104 cm³/mol. The SMILES string of the molecule is CCNC(SCc1ccccc1C(=O)Nc1ccccc1)=C(C#N)C#N. The molecule has 0 radical (unpaired) electrons. The first-order valence-corrected chi connectivity index (χ1v) is 9.03. The van der Waals surface area contributed by atoms with E-state index in [1.54, 1.807) is 6.07 Å². The van der Waals surface area contributed by atoms with Gasteiger partial charge in [-0.25, -0.2) is 0 Å². The molecule has 0 heterocycles. The molecule has 0 saturated carbocycles. The van der Waals surface area contributed by atoms with Gasteiger partial charge in [0, 0.05) is 23.5 Å². The molecule has 0 saturated heterocycles. The van der Waals surface area contributed by atoms with E-state index in [-0.39, 0.29) is 11.5 Å². The average molecular weight is 362 g/mol. The fourth-order valence-corrected chi connectivity index (χ4v) is 3.27. The number of thioether (sulfide) groups is 1. The van der Waals surface area contributed by atoms with Crippen molar-refractivity contribution in [1.82, 2.24) is 5.32 Å². The zero-order valence-electron chi connectivity index (χ0n) is 14.3. The van der Waals surface area contributed by atoms with Crippen LogP contribution in [0.25, 0.3) is 0 Å². The van der Waals surface area contributed by atoms with E-state index in [2.05, 4.69) is 10.6 Å². The third kappa shape index (κ3) is 5.14. The van der Waals surface area contributed by atoms with Crippen molar-refractivity contribution in [3.05, 3.63) is 76.3 Å². The van der Waals surface area contributed by atoms with E-state index in [0.717, 1.165) is 11.3 Å². The summed E-state index contributed by atoms with van der Waals surface area (Å²) in [6.07, 6.45) is 0. The largest absolute Gasteiger partial charge is 0.378 e. The van der Waals surface area contributed by atoms with Gasteiger partial charge in [0.05, 0.1) is 5.03 Å². The molecule has 130 valence electrons. The third-order valence-corrected chi connectivity index (χ3v) is 4.55. The van der Waals surface area contributed by atoms with Crippen molar-refractivity contribution in [1.29, 1.82) is 10.5 Å². The first kappa shape index (κ1) is 19.1. The van der Waals surface area contributed by atoms with E-state index in [4.69, 9.17) is 10.5 Å². The molecule has 0 spiro atoms. The number of carbonyl (C=O) groups excluding carboxylic acids is 1. The van der Waals surface area contributed by atoms with E-state index < -0.39 is 0 Å². The van der Waals surface area contributed by atoms with Gasteiger partial charge in [0.1, 0.15) is 12.1 Å². The Kier molecular flexibility index (Phi) is 7.30. The minimum atomic E-state index is -0.192. The number of hydrogen-bond donors (Lipinski definition) is 2. The second-order valence-electron chi connectivity index (χ2n) is 5.22. The number of nitriles is 2. The number of nitrogens with one attached hydrogen (secondary N) is 2. The van der Waals surface area contributed by atoms with Crippen LogP contribution in [-0.2, 0) is 5.75 Å². The molecule has 0 aliphatic heterocycles. The number of hydrogen-bond acceptors (Lipinski definition) is 5. The van der Waals surface area contributed by atoms with Crippen LogP contribution in [0, 0.1) is 22.7 Å². The first-order chi connectivity index (χ1) is 12.7. The Hall–Kier alpha value is -3.22. The van der Waals surface area contributed by atoms with Gasteiger partial charge in [-0.1, -0.05) is 36.4 Å². The third-order valence-electron chi connectivity index (χ3n) is 3.45. The molecule has 6 heteroatoms. The molecule has 0 aliphatic carbocycles. The Bertz CT molecular complexity index is 863. The number of para-hydroxylation sites is 1. The number of carbonyl (C=O) groups is 1. The monoisotopic (exact) mass is 362 g/mol. The maximum Gasteiger partial charge on any atom is 0.255 e. The summed E-state index contributed by atoms with van der Waals surface area (Å²) in [4.78, 5) is 12.6. The standard InChI is InChI=1S/C20H18N4OS/c1-2-23-20(16(12-21)13-22)26-14-15-8-6-7-11-18(15)19(25)24-17-9-4-3-5-10-17/h3-11,23H,2,14H2,1H3,(H,24,25). The summed E-state index contributed by atoms with van der Waals surface area (Å²) < 4.78 is 0. The van der Waals surface area contributed by atoms with Crippen molar-refractivity contribution in [2.75, 3.05) is 11.9 Å². The molecule has 26 heavy (non-hydrogen) atoms. The fraction of sp³-hybridized carbons (Fsp3) is 0.150. The van der Waals surface area contributed by atoms with Crippen LogP contribution < -0.4 is 10.6 Å². The molecule has 2 aromatic carbocycles. The second kappa shape index (κ2) is 9.93. The molecule has 0 unspecified atom stereocenters. The van der Waals surface area contributed by atoms with Crippen molar-refractivity contribution in [2.24, 2.45) is 0 Å². The lowest BCUT2D eigenvalue weighted by Gasteiger charge is -2.12. The highest BCUT2D eigenvalue weighted by Gasteiger charge is 2.13. The minimum absolute atomic E-state index is 0.0445. The Labute approximate surface area is 157 Å². The highest BCUT2D eigenvalue weighted by Crippen LogP contribution is 2.24. The summed E-state index contributed by atoms with van der Waals surface area (Å²) in [6.45, 7) is 2.50. The summed E-state index contributed by atoms with van der Waals surface area (Å²) in [5, 5.41) is 24.6. The summed E-state index contributed by atoms with van der Waals surface area (Å²) in [6, 6.07) is 20.4. The topological polar surface area (TPSA) is 88.7 Å². The van der Waals surface area contributed by atoms with Crippen LogP contribution in [0.5, 0.6) is 0 Å². The molecule has 0 aliphatic rings. The Balaban J connectivity index is 2.19. The van der Waals surface area contributed by atoms with Crippen LogP contribution in [0.3, 0.4) is 0 Å². The zero-order valence-corrected chi connectivity index (χ0v) is 15.1. The molecule has 2 rings (SSSR count). The van der Waals surface area contributed by atoms with Crippen molar-refractivity contribution in [2.45, 2.75) is 12.7 Å². The van der Waals surface area contributed by atoms with Gasteiger partial charge in [-0.3, -0.25) is 4.79 Å². The Morgan fingerprint density at radius 3 is 2.35 bits per heavy atom. The molecule has 5 nitrogen and oxygen atoms in total. The highest BCUT2D eigenvalue weighted by atomic mass is 32.2. The molecule has 2 aromatic rings. The fourth-order valence-electron chi connectivity index (χ4n) is 2.24. The number of anilines is 1. The zero-order chi connectivity index (χ0) is 18.8. The maximum atomic E-state index is 12.6. The molecule has 2 N–H and O–H groups in total. The van der Waals surface area contributed by atoms with Crippen molar-refractivity contribution >= 4 is 23.4 Å². The van der Waals surface area contributed by atoms with Crippen LogP contribution in [-0.4, -0.2) is 12.5 Å². The Morgan fingerprint density at radius 1 is 1.04 bits per heavy atom. The van der Waals surface area contributed by atoms with Crippen molar-refractivity contribution in [3.8, 4) is 12.1 Å². The quantitative estimate of drug-likeness (QED) is 0.726. The van der Waals surface area contributed by atoms with Crippen LogP contribution in [0.15, 0.2) is 65.2 Å². The van der Waals surface area contributed by atoms with Crippen LogP contribution in [0.4, 0.5) is 5.69 Å². The highest BCUT2D eigenvalue weighted by molar-refractivity contribution is 8.02. The molecule has 0 aromatic heterocycles. The molecule has 0 fully saturated rings. The van der Waals surface area contributed by atoms with Crippen molar-refractivity contribution in [3.63, 3.8) is 0 Å². The summed E-state index contributed by atoms with van der Waals surface area (Å²) >= 11 is 1.34. The lowest BCUT2D eigenvalue weighted by molar-refractivity contribution is 0.102. The number of amides is 1. The van der Waals surface area contributed by atoms with Gasteiger partial charge in [-0.2, -0.15) is 10.5 Å². The van der Waals surface area contributed by atoms with Gasteiger partial charge in [0.25, 0.3) is 5.91 Å². The summed E-state index contributed by atoms with van der Waals surface area (Å²) in [5.41, 5.74) is 2.17. The average Bonchev–Trinajstić information content (AvgIpc) is 2.68. The molecule has 0 atom stereocenters. The van der Waals surface area contributed by atoms with E-state index in [9.17, 15) is 4.79 Å². The van der Waals surface area contributed by atoms with Gasteiger partial charge in [-0.05, 0) is 30.7 Å². The van der Waals surface area contributed by atoms with E-state index in [1.807, 2.05) is 67.6 Å². The van der Waals surface area contributed by atoms with Gasteiger partial charge in [0.2, 0.25) is 0 Å². The number of allylic oxidation sites excluding steroid dienone is 1. The molecular weight excluding hydrogens is 344 g/mol. The molecule has 1 amide bonds.